The van der Waals surface area contributed by atoms with Gasteiger partial charge in [-0.15, -0.1) is 21.5 Å². The highest BCUT2D eigenvalue weighted by Gasteiger charge is 2.28. The molecule has 2 aliphatic rings. The van der Waals surface area contributed by atoms with Gasteiger partial charge in [0, 0.05) is 55.1 Å². The summed E-state index contributed by atoms with van der Waals surface area (Å²) >= 11 is 1.56. The molecule has 6 rings (SSSR count). The number of fused-ring (bicyclic) bond motifs is 2. The fraction of sp³-hybridized carbons (Fsp3) is 0.394. The van der Waals surface area contributed by atoms with Crippen LogP contribution in [0.1, 0.15) is 30.9 Å². The second-order valence-corrected chi connectivity index (χ2v) is 11.9. The second kappa shape index (κ2) is 14.3. The molecule has 0 spiro atoms. The SMILES string of the molecule is CCC(=O)N1CCC(OC(=O)NCCOCCOc2cc(F)ccc2-c2nnc(-c3ccc4c(c3)CCNC4)c3ccsc23)C1. The van der Waals surface area contributed by atoms with Gasteiger partial charge in [0.2, 0.25) is 5.91 Å². The van der Waals surface area contributed by atoms with E-state index >= 15 is 0 Å². The number of aromatic nitrogens is 2. The molecule has 10 nitrogen and oxygen atoms in total. The first-order valence-corrected chi connectivity index (χ1v) is 16.2. The van der Waals surface area contributed by atoms with E-state index in [0.29, 0.717) is 42.9 Å². The molecule has 0 radical (unpaired) electrons. The Morgan fingerprint density at radius 2 is 1.98 bits per heavy atom. The Morgan fingerprint density at radius 1 is 1.09 bits per heavy atom. The van der Waals surface area contributed by atoms with Crippen LogP contribution in [0.15, 0.2) is 47.8 Å². The molecule has 2 amide bonds. The molecule has 4 heterocycles. The van der Waals surface area contributed by atoms with Crippen molar-refractivity contribution in [3.63, 3.8) is 0 Å². The quantitative estimate of drug-likeness (QED) is 0.223. The summed E-state index contributed by atoms with van der Waals surface area (Å²) in [5.41, 5.74) is 5.77. The molecule has 1 atom stereocenters. The Labute approximate surface area is 264 Å². The molecule has 1 unspecified atom stereocenters. The Kier molecular flexibility index (Phi) is 9.82. The number of nitrogens with one attached hydrogen (secondary N) is 2. The molecule has 4 aromatic rings. The standard InChI is InChI=1S/C33H36FN5O5S/c1-2-29(40)39-12-8-25(20-39)44-33(41)36-11-13-42-14-15-43-28-18-24(34)5-6-26(28)31-32-27(9-16-45-32)30(37-38-31)22-3-4-23-19-35-10-7-21(23)17-22/h3-6,9,16-18,25,35H,2,7-8,10-15,19-20H2,1H3,(H,36,41). The smallest absolute Gasteiger partial charge is 0.407 e. The van der Waals surface area contributed by atoms with Crippen LogP contribution in [0, 0.1) is 5.82 Å². The van der Waals surface area contributed by atoms with Gasteiger partial charge < -0.3 is 29.7 Å². The van der Waals surface area contributed by atoms with Crippen LogP contribution in [0.3, 0.4) is 0 Å². The monoisotopic (exact) mass is 633 g/mol. The number of thiophene rings is 1. The lowest BCUT2D eigenvalue weighted by Crippen LogP contribution is -2.34. The van der Waals surface area contributed by atoms with E-state index in [4.69, 9.17) is 14.2 Å². The maximum Gasteiger partial charge on any atom is 0.407 e. The van der Waals surface area contributed by atoms with Crippen LogP contribution in [-0.2, 0) is 27.2 Å². The number of hydrogen-bond acceptors (Lipinski definition) is 9. The van der Waals surface area contributed by atoms with E-state index in [-0.39, 0.29) is 38.4 Å². The predicted octanol–water partition coefficient (Wildman–Crippen LogP) is 4.94. The maximum atomic E-state index is 14.3. The van der Waals surface area contributed by atoms with Gasteiger partial charge in [-0.05, 0) is 53.7 Å². The Bertz CT molecular complexity index is 1680. The van der Waals surface area contributed by atoms with E-state index < -0.39 is 11.9 Å². The fourth-order valence-electron chi connectivity index (χ4n) is 5.71. The van der Waals surface area contributed by atoms with Crippen LogP contribution >= 0.6 is 11.3 Å². The zero-order valence-electron chi connectivity index (χ0n) is 25.1. The minimum Gasteiger partial charge on any atom is -0.490 e. The highest BCUT2D eigenvalue weighted by molar-refractivity contribution is 7.17. The molecule has 2 aliphatic heterocycles. The van der Waals surface area contributed by atoms with Gasteiger partial charge in [-0.2, -0.15) is 0 Å². The average molecular weight is 634 g/mol. The van der Waals surface area contributed by atoms with E-state index in [0.717, 1.165) is 40.9 Å². The number of carbonyl (C=O) groups is 2. The number of rotatable bonds is 11. The lowest BCUT2D eigenvalue weighted by atomic mass is 9.96. The van der Waals surface area contributed by atoms with Crippen LogP contribution in [0.4, 0.5) is 9.18 Å². The number of nitrogens with zero attached hydrogens (tertiary/aromatic N) is 3. The van der Waals surface area contributed by atoms with Gasteiger partial charge in [0.25, 0.3) is 0 Å². The Hall–Kier alpha value is -4.13. The highest BCUT2D eigenvalue weighted by Crippen LogP contribution is 2.39. The zero-order chi connectivity index (χ0) is 31.2. The molecule has 12 heteroatoms. The lowest BCUT2D eigenvalue weighted by Gasteiger charge is -2.18. The summed E-state index contributed by atoms with van der Waals surface area (Å²) in [5, 5.41) is 18.3. The number of carbonyl (C=O) groups excluding carboxylic acids is 2. The van der Waals surface area contributed by atoms with Crippen molar-refractivity contribution in [2.24, 2.45) is 0 Å². The largest absolute Gasteiger partial charge is 0.490 e. The van der Waals surface area contributed by atoms with Gasteiger partial charge in [-0.3, -0.25) is 4.79 Å². The normalized spacial score (nSPS) is 16.0. The van der Waals surface area contributed by atoms with Crippen molar-refractivity contribution in [2.45, 2.75) is 38.8 Å². The van der Waals surface area contributed by atoms with E-state index in [9.17, 15) is 14.0 Å². The molecule has 0 bridgehead atoms. The summed E-state index contributed by atoms with van der Waals surface area (Å²) < 4.78 is 32.2. The number of hydrogen-bond donors (Lipinski definition) is 2. The van der Waals surface area contributed by atoms with E-state index in [1.165, 1.54) is 23.3 Å². The van der Waals surface area contributed by atoms with Gasteiger partial charge in [-0.25, -0.2) is 9.18 Å². The minimum atomic E-state index is -0.536. The lowest BCUT2D eigenvalue weighted by molar-refractivity contribution is -0.130. The van der Waals surface area contributed by atoms with Crippen molar-refractivity contribution >= 4 is 33.4 Å². The predicted molar refractivity (Wildman–Crippen MR) is 170 cm³/mol. The zero-order valence-corrected chi connectivity index (χ0v) is 26.0. The van der Waals surface area contributed by atoms with Gasteiger partial charge >= 0.3 is 6.09 Å². The summed E-state index contributed by atoms with van der Waals surface area (Å²) in [7, 11) is 0. The molecule has 0 aliphatic carbocycles. The van der Waals surface area contributed by atoms with Gasteiger partial charge in [0.1, 0.15) is 35.7 Å². The molecule has 236 valence electrons. The van der Waals surface area contributed by atoms with Gasteiger partial charge in [0.15, 0.2) is 0 Å². The number of halogens is 1. The van der Waals surface area contributed by atoms with Crippen molar-refractivity contribution in [2.75, 3.05) is 46.0 Å². The van der Waals surface area contributed by atoms with Crippen molar-refractivity contribution in [1.82, 2.24) is 25.7 Å². The molecular formula is C33H36FN5O5S. The first-order valence-electron chi connectivity index (χ1n) is 15.3. The van der Waals surface area contributed by atoms with E-state index in [2.05, 4.69) is 39.0 Å². The number of benzene rings is 2. The van der Waals surface area contributed by atoms with E-state index in [1.807, 2.05) is 18.4 Å². The Balaban J connectivity index is 1.03. The van der Waals surface area contributed by atoms with Crippen LogP contribution in [0.5, 0.6) is 5.75 Å². The molecule has 1 saturated heterocycles. The number of alkyl carbamates (subject to hydrolysis) is 1. The average Bonchev–Trinajstić information content (AvgIpc) is 3.74. The molecule has 0 saturated carbocycles. The molecule has 1 fully saturated rings. The van der Waals surface area contributed by atoms with Crippen molar-refractivity contribution in [3.8, 4) is 28.3 Å². The highest BCUT2D eigenvalue weighted by atomic mass is 32.1. The molecule has 45 heavy (non-hydrogen) atoms. The summed E-state index contributed by atoms with van der Waals surface area (Å²) in [6.45, 7) is 5.60. The third kappa shape index (κ3) is 7.24. The Morgan fingerprint density at radius 3 is 2.87 bits per heavy atom. The molecule has 2 aromatic carbocycles. The van der Waals surface area contributed by atoms with E-state index in [1.54, 1.807) is 22.3 Å². The molecule has 2 N–H and O–H groups in total. The minimum absolute atomic E-state index is 0.0622. The molecular weight excluding hydrogens is 597 g/mol. The maximum absolute atomic E-state index is 14.3. The second-order valence-electron chi connectivity index (χ2n) is 11.0. The van der Waals surface area contributed by atoms with Crippen molar-refractivity contribution in [3.05, 3.63) is 64.8 Å². The summed E-state index contributed by atoms with van der Waals surface area (Å²) in [6.07, 6.45) is 1.22. The topological polar surface area (TPSA) is 115 Å². The third-order valence-corrected chi connectivity index (χ3v) is 8.95. The first-order chi connectivity index (χ1) is 22.0. The number of likely N-dealkylation sites (tertiary alicyclic amines) is 1. The van der Waals surface area contributed by atoms with Gasteiger partial charge in [0.05, 0.1) is 24.5 Å². The van der Waals surface area contributed by atoms with Crippen LogP contribution in [0.25, 0.3) is 32.6 Å². The van der Waals surface area contributed by atoms with Gasteiger partial charge in [-0.1, -0.05) is 19.1 Å². The van der Waals surface area contributed by atoms with Crippen LogP contribution in [0.2, 0.25) is 0 Å². The van der Waals surface area contributed by atoms with Crippen LogP contribution in [-0.4, -0.2) is 79.2 Å². The summed E-state index contributed by atoms with van der Waals surface area (Å²) in [4.78, 5) is 25.6. The molecule has 2 aromatic heterocycles. The van der Waals surface area contributed by atoms with Crippen molar-refractivity contribution in [1.29, 1.82) is 0 Å². The summed E-state index contributed by atoms with van der Waals surface area (Å²) in [5.74, 6) is -0.00462. The van der Waals surface area contributed by atoms with Crippen LogP contribution < -0.4 is 15.4 Å². The first kappa shape index (κ1) is 30.9. The number of amides is 2. The fourth-order valence-corrected chi connectivity index (χ4v) is 6.60. The summed E-state index contributed by atoms with van der Waals surface area (Å²) in [6, 6.07) is 12.9. The van der Waals surface area contributed by atoms with Crippen molar-refractivity contribution < 1.29 is 28.2 Å². The number of ether oxygens (including phenoxy) is 3. The third-order valence-electron chi connectivity index (χ3n) is 8.03.